The number of fused-ring (bicyclic) bond motifs is 1. The van der Waals surface area contributed by atoms with Gasteiger partial charge in [0, 0.05) is 35.2 Å². The summed E-state index contributed by atoms with van der Waals surface area (Å²) in [5.41, 5.74) is 9.34. The van der Waals surface area contributed by atoms with Crippen LogP contribution in [-0.2, 0) is 0 Å². The van der Waals surface area contributed by atoms with E-state index in [0.29, 0.717) is 27.8 Å². The minimum absolute atomic E-state index is 0.0151. The predicted octanol–water partition coefficient (Wildman–Crippen LogP) is 3.12. The molecule has 7 nitrogen and oxygen atoms in total. The van der Waals surface area contributed by atoms with E-state index < -0.39 is 0 Å². The Kier molecular flexibility index (Phi) is 4.70. The Morgan fingerprint density at radius 3 is 2.56 bits per heavy atom. The quantitative estimate of drug-likeness (QED) is 0.420. The number of pyridine rings is 1. The van der Waals surface area contributed by atoms with Crippen molar-refractivity contribution in [2.45, 2.75) is 33.7 Å². The molecule has 1 aromatic carbocycles. The smallest absolute Gasteiger partial charge is 0.287 e. The van der Waals surface area contributed by atoms with Crippen LogP contribution in [0, 0.1) is 10.8 Å². The molecule has 0 aliphatic heterocycles. The average molecular weight is 364 g/mol. The fraction of sp³-hybridized carbons (Fsp3) is 0.300. The highest BCUT2D eigenvalue weighted by Crippen LogP contribution is 2.23. The number of anilines is 1. The second-order valence-corrected chi connectivity index (χ2v) is 7.71. The Morgan fingerprint density at radius 2 is 1.93 bits per heavy atom. The number of H-pyrrole nitrogens is 1. The first-order valence-electron chi connectivity index (χ1n) is 8.76. The van der Waals surface area contributed by atoms with Crippen LogP contribution in [-0.4, -0.2) is 32.6 Å². The van der Waals surface area contributed by atoms with E-state index in [-0.39, 0.29) is 28.9 Å². The number of nitrogens with two attached hydrogens (primary N) is 1. The summed E-state index contributed by atoms with van der Waals surface area (Å²) in [4.78, 5) is 23.9. The minimum Gasteiger partial charge on any atom is -0.398 e. The van der Waals surface area contributed by atoms with Crippen molar-refractivity contribution in [3.05, 3.63) is 53.6 Å². The van der Waals surface area contributed by atoms with E-state index in [1.165, 1.54) is 0 Å². The number of carbonyl (C=O) groups excluding carboxylic acids is 1. The third kappa shape index (κ3) is 3.81. The van der Waals surface area contributed by atoms with Crippen LogP contribution >= 0.6 is 0 Å². The second kappa shape index (κ2) is 6.83. The molecule has 27 heavy (non-hydrogen) atoms. The van der Waals surface area contributed by atoms with Crippen molar-refractivity contribution >= 4 is 28.3 Å². The summed E-state index contributed by atoms with van der Waals surface area (Å²) in [6, 6.07) is 6.93. The van der Waals surface area contributed by atoms with Gasteiger partial charge in [-0.3, -0.25) is 15.2 Å². The van der Waals surface area contributed by atoms with E-state index in [4.69, 9.17) is 11.1 Å². The summed E-state index contributed by atoms with van der Waals surface area (Å²) < 4.78 is 0. The maximum Gasteiger partial charge on any atom is 0.287 e. The lowest BCUT2D eigenvalue weighted by Crippen LogP contribution is -2.41. The SMILES string of the molecule is CC(NC(=O)c1nc2cc(C(=N)c3ccncc3)c(N)cc2[nH]1)C(C)(C)C. The second-order valence-electron chi connectivity index (χ2n) is 7.71. The molecule has 2 heterocycles. The highest BCUT2D eigenvalue weighted by atomic mass is 16.2. The molecule has 0 aliphatic carbocycles. The summed E-state index contributed by atoms with van der Waals surface area (Å²) >= 11 is 0. The highest BCUT2D eigenvalue weighted by Gasteiger charge is 2.23. The predicted molar refractivity (Wildman–Crippen MR) is 107 cm³/mol. The van der Waals surface area contributed by atoms with Crippen LogP contribution < -0.4 is 11.1 Å². The lowest BCUT2D eigenvalue weighted by Gasteiger charge is -2.27. The summed E-state index contributed by atoms with van der Waals surface area (Å²) in [5, 5.41) is 11.4. The van der Waals surface area contributed by atoms with Crippen LogP contribution in [0.1, 0.15) is 49.4 Å². The summed E-state index contributed by atoms with van der Waals surface area (Å²) in [6.45, 7) is 8.16. The van der Waals surface area contributed by atoms with Crippen LogP contribution in [0.2, 0.25) is 0 Å². The van der Waals surface area contributed by atoms with Gasteiger partial charge in [-0.2, -0.15) is 0 Å². The van der Waals surface area contributed by atoms with E-state index in [9.17, 15) is 4.79 Å². The van der Waals surface area contributed by atoms with Gasteiger partial charge in [-0.15, -0.1) is 0 Å². The minimum atomic E-state index is -0.266. The van der Waals surface area contributed by atoms with Gasteiger partial charge in [-0.25, -0.2) is 4.98 Å². The van der Waals surface area contributed by atoms with Crippen LogP contribution in [0.25, 0.3) is 11.0 Å². The first kappa shape index (κ1) is 18.6. The van der Waals surface area contributed by atoms with Crippen LogP contribution in [0.4, 0.5) is 5.69 Å². The Morgan fingerprint density at radius 1 is 1.26 bits per heavy atom. The normalized spacial score (nSPS) is 12.7. The number of benzene rings is 1. The number of imidazole rings is 1. The van der Waals surface area contributed by atoms with Gasteiger partial charge in [-0.1, -0.05) is 20.8 Å². The molecule has 0 spiro atoms. The monoisotopic (exact) mass is 364 g/mol. The van der Waals surface area contributed by atoms with Crippen LogP contribution in [0.15, 0.2) is 36.7 Å². The first-order valence-corrected chi connectivity index (χ1v) is 8.76. The zero-order valence-electron chi connectivity index (χ0n) is 15.9. The number of aromatic nitrogens is 3. The lowest BCUT2D eigenvalue weighted by atomic mass is 9.88. The number of nitrogens with one attached hydrogen (secondary N) is 3. The average Bonchev–Trinajstić information content (AvgIpc) is 3.03. The third-order valence-corrected chi connectivity index (χ3v) is 4.75. The summed E-state index contributed by atoms with van der Waals surface area (Å²) in [5.74, 6) is -0.0361. The van der Waals surface area contributed by atoms with Crippen LogP contribution in [0.3, 0.4) is 0 Å². The third-order valence-electron chi connectivity index (χ3n) is 4.75. The lowest BCUT2D eigenvalue weighted by molar-refractivity contribution is 0.0901. The van der Waals surface area contributed by atoms with Crippen molar-refractivity contribution in [3.8, 4) is 0 Å². The number of carbonyl (C=O) groups is 1. The van der Waals surface area contributed by atoms with Crippen molar-refractivity contribution in [1.82, 2.24) is 20.3 Å². The van der Waals surface area contributed by atoms with Gasteiger partial charge >= 0.3 is 0 Å². The van der Waals surface area contributed by atoms with Gasteiger partial charge in [0.15, 0.2) is 5.82 Å². The van der Waals surface area contributed by atoms with Crippen molar-refractivity contribution in [1.29, 1.82) is 5.41 Å². The van der Waals surface area contributed by atoms with Crippen molar-refractivity contribution in [2.75, 3.05) is 5.73 Å². The summed E-state index contributed by atoms with van der Waals surface area (Å²) in [6.07, 6.45) is 3.26. The van der Waals surface area contributed by atoms with E-state index in [0.717, 1.165) is 0 Å². The zero-order chi connectivity index (χ0) is 19.8. The Hall–Kier alpha value is -3.22. The molecule has 0 aliphatic rings. The molecule has 0 saturated heterocycles. The molecular weight excluding hydrogens is 340 g/mol. The molecular formula is C20H24N6O. The van der Waals surface area contributed by atoms with Gasteiger partial charge in [0.2, 0.25) is 0 Å². The van der Waals surface area contributed by atoms with E-state index in [1.54, 1.807) is 36.7 Å². The molecule has 0 bridgehead atoms. The number of hydrogen-bond donors (Lipinski definition) is 4. The number of amides is 1. The number of nitrogen functional groups attached to an aromatic ring is 1. The molecule has 1 unspecified atom stereocenters. The van der Waals surface area contributed by atoms with Crippen molar-refractivity contribution in [2.24, 2.45) is 5.41 Å². The fourth-order valence-corrected chi connectivity index (χ4v) is 2.55. The van der Waals surface area contributed by atoms with Gasteiger partial charge in [0.05, 0.1) is 16.7 Å². The largest absolute Gasteiger partial charge is 0.398 e. The van der Waals surface area contributed by atoms with E-state index in [2.05, 4.69) is 41.0 Å². The zero-order valence-corrected chi connectivity index (χ0v) is 15.9. The van der Waals surface area contributed by atoms with E-state index in [1.807, 2.05) is 6.92 Å². The molecule has 2 aromatic heterocycles. The maximum absolute atomic E-state index is 12.5. The van der Waals surface area contributed by atoms with Gasteiger partial charge in [0.25, 0.3) is 5.91 Å². The molecule has 3 rings (SSSR count). The van der Waals surface area contributed by atoms with Crippen LogP contribution in [0.5, 0.6) is 0 Å². The standard InChI is InChI=1S/C20H24N6O/c1-11(20(2,3)4)24-19(27)18-25-15-9-13(14(21)10-16(15)26-18)17(22)12-5-7-23-8-6-12/h5-11,22H,21H2,1-4H3,(H,24,27)(H,25,26). The molecule has 1 amide bonds. The molecule has 1 atom stereocenters. The number of hydrogen-bond acceptors (Lipinski definition) is 5. The fourth-order valence-electron chi connectivity index (χ4n) is 2.55. The molecule has 0 fully saturated rings. The Balaban J connectivity index is 1.93. The topological polar surface area (TPSA) is 121 Å². The van der Waals surface area contributed by atoms with Crippen molar-refractivity contribution in [3.63, 3.8) is 0 Å². The van der Waals surface area contributed by atoms with Crippen molar-refractivity contribution < 1.29 is 4.79 Å². The van der Waals surface area contributed by atoms with Gasteiger partial charge in [0.1, 0.15) is 0 Å². The first-order chi connectivity index (χ1) is 12.7. The Bertz CT molecular complexity index is 1000. The van der Waals surface area contributed by atoms with Gasteiger partial charge < -0.3 is 16.0 Å². The van der Waals surface area contributed by atoms with Gasteiger partial charge in [-0.05, 0) is 36.6 Å². The molecule has 0 saturated carbocycles. The molecule has 5 N–H and O–H groups in total. The number of nitrogens with zero attached hydrogens (tertiary/aromatic N) is 2. The van der Waals surface area contributed by atoms with E-state index >= 15 is 0 Å². The molecule has 0 radical (unpaired) electrons. The molecule has 3 aromatic rings. The Labute approximate surface area is 157 Å². The highest BCUT2D eigenvalue weighted by molar-refractivity contribution is 6.15. The summed E-state index contributed by atoms with van der Waals surface area (Å²) in [7, 11) is 0. The number of aromatic amines is 1. The number of rotatable bonds is 4. The maximum atomic E-state index is 12.5. The molecule has 140 valence electrons. The molecule has 7 heteroatoms.